The fraction of sp³-hybridized carbons (Fsp3) is 0.467. The highest BCUT2D eigenvalue weighted by molar-refractivity contribution is 5.94. The van der Waals surface area contributed by atoms with Crippen LogP contribution in [0.3, 0.4) is 0 Å². The second-order valence-corrected chi connectivity index (χ2v) is 5.90. The van der Waals surface area contributed by atoms with Gasteiger partial charge in [-0.3, -0.25) is 4.79 Å². The largest absolute Gasteiger partial charge is 0.409 e. The van der Waals surface area contributed by atoms with Gasteiger partial charge in [0.1, 0.15) is 5.84 Å². The van der Waals surface area contributed by atoms with Gasteiger partial charge in [0.2, 0.25) is 0 Å². The predicted molar refractivity (Wildman–Crippen MR) is 80.1 cm³/mol. The van der Waals surface area contributed by atoms with Gasteiger partial charge < -0.3 is 15.8 Å². The molecule has 5 nitrogen and oxygen atoms in total. The summed E-state index contributed by atoms with van der Waals surface area (Å²) in [6.45, 7) is 6.81. The van der Waals surface area contributed by atoms with E-state index in [2.05, 4.69) is 25.9 Å². The van der Waals surface area contributed by atoms with Gasteiger partial charge in [-0.15, -0.1) is 0 Å². The fourth-order valence-corrected chi connectivity index (χ4v) is 1.77. The minimum atomic E-state index is -0.0730. The van der Waals surface area contributed by atoms with Gasteiger partial charge in [0.15, 0.2) is 0 Å². The Bertz CT molecular complexity index is 487. The van der Waals surface area contributed by atoms with Crippen molar-refractivity contribution in [3.63, 3.8) is 0 Å². The van der Waals surface area contributed by atoms with Crippen molar-refractivity contribution in [1.82, 2.24) is 4.90 Å². The van der Waals surface area contributed by atoms with Crippen LogP contribution in [0.2, 0.25) is 0 Å². The van der Waals surface area contributed by atoms with Crippen molar-refractivity contribution >= 4 is 11.7 Å². The molecule has 20 heavy (non-hydrogen) atoms. The molecule has 0 bridgehead atoms. The van der Waals surface area contributed by atoms with E-state index in [0.717, 1.165) is 0 Å². The van der Waals surface area contributed by atoms with E-state index < -0.39 is 0 Å². The quantitative estimate of drug-likeness (QED) is 0.383. The minimum Gasteiger partial charge on any atom is -0.409 e. The molecule has 0 aliphatic rings. The number of nitrogens with zero attached hydrogens (tertiary/aromatic N) is 2. The van der Waals surface area contributed by atoms with E-state index in [1.807, 2.05) is 24.3 Å². The van der Waals surface area contributed by atoms with E-state index in [4.69, 9.17) is 10.9 Å². The van der Waals surface area contributed by atoms with Gasteiger partial charge in [-0.25, -0.2) is 0 Å². The number of carbonyl (C=O) groups excluding carboxylic acids is 1. The lowest BCUT2D eigenvalue weighted by Crippen LogP contribution is -2.30. The van der Waals surface area contributed by atoms with Crippen molar-refractivity contribution in [3.05, 3.63) is 35.4 Å². The molecule has 0 saturated heterocycles. The maximum absolute atomic E-state index is 12.2. The molecule has 110 valence electrons. The molecule has 0 saturated carbocycles. The Morgan fingerprint density at radius 1 is 1.30 bits per heavy atom. The summed E-state index contributed by atoms with van der Waals surface area (Å²) in [4.78, 5) is 13.7. The summed E-state index contributed by atoms with van der Waals surface area (Å²) >= 11 is 0. The molecule has 0 radical (unpaired) electrons. The standard InChI is InChI=1S/C15H23N3O2/c1-15(2,3)12-7-5-11(6-8-12)14(19)18(4)10-9-13(16)17-20/h5-8,20H,9-10H2,1-4H3,(H2,16,17). The lowest BCUT2D eigenvalue weighted by Gasteiger charge is -2.20. The number of oxime groups is 1. The first-order chi connectivity index (χ1) is 9.25. The molecule has 0 aromatic heterocycles. The van der Waals surface area contributed by atoms with Crippen LogP contribution in [0.5, 0.6) is 0 Å². The molecule has 0 aliphatic carbocycles. The van der Waals surface area contributed by atoms with Crippen molar-refractivity contribution in [2.45, 2.75) is 32.6 Å². The summed E-state index contributed by atoms with van der Waals surface area (Å²) < 4.78 is 0. The Hall–Kier alpha value is -2.04. The van der Waals surface area contributed by atoms with Gasteiger partial charge in [0, 0.05) is 25.6 Å². The maximum Gasteiger partial charge on any atom is 0.253 e. The van der Waals surface area contributed by atoms with Crippen molar-refractivity contribution in [2.75, 3.05) is 13.6 Å². The number of benzene rings is 1. The summed E-state index contributed by atoms with van der Waals surface area (Å²) in [7, 11) is 1.70. The van der Waals surface area contributed by atoms with Crippen LogP contribution in [0.25, 0.3) is 0 Å². The Balaban J connectivity index is 2.72. The number of hydrogen-bond donors (Lipinski definition) is 2. The van der Waals surface area contributed by atoms with E-state index in [-0.39, 0.29) is 17.2 Å². The van der Waals surface area contributed by atoms with Crippen LogP contribution in [0.4, 0.5) is 0 Å². The van der Waals surface area contributed by atoms with Crippen molar-refractivity contribution < 1.29 is 10.0 Å². The van der Waals surface area contributed by atoms with Gasteiger partial charge in [-0.2, -0.15) is 0 Å². The first kappa shape index (κ1) is 16.0. The van der Waals surface area contributed by atoms with Gasteiger partial charge in [-0.05, 0) is 23.1 Å². The Kier molecular flexibility index (Phi) is 5.13. The highest BCUT2D eigenvalue weighted by Gasteiger charge is 2.16. The average Bonchev–Trinajstić information content (AvgIpc) is 2.42. The monoisotopic (exact) mass is 277 g/mol. The third-order valence-corrected chi connectivity index (χ3v) is 3.18. The summed E-state index contributed by atoms with van der Waals surface area (Å²) in [5.41, 5.74) is 7.29. The van der Waals surface area contributed by atoms with Crippen LogP contribution >= 0.6 is 0 Å². The zero-order valence-electron chi connectivity index (χ0n) is 12.6. The summed E-state index contributed by atoms with van der Waals surface area (Å²) in [6, 6.07) is 7.63. The molecule has 0 heterocycles. The minimum absolute atomic E-state index is 0.0690. The molecular formula is C15H23N3O2. The SMILES string of the molecule is CN(CC/C(N)=N/O)C(=O)c1ccc(C(C)(C)C)cc1. The van der Waals surface area contributed by atoms with Crippen LogP contribution in [-0.2, 0) is 5.41 Å². The van der Waals surface area contributed by atoms with Crippen LogP contribution in [0, 0.1) is 0 Å². The van der Waals surface area contributed by atoms with Gasteiger partial charge in [0.05, 0.1) is 0 Å². The first-order valence-electron chi connectivity index (χ1n) is 6.58. The number of nitrogens with two attached hydrogens (primary N) is 1. The molecule has 0 spiro atoms. The zero-order valence-corrected chi connectivity index (χ0v) is 12.6. The fourth-order valence-electron chi connectivity index (χ4n) is 1.77. The van der Waals surface area contributed by atoms with E-state index >= 15 is 0 Å². The molecule has 0 aliphatic heterocycles. The van der Waals surface area contributed by atoms with Crippen LogP contribution in [0.1, 0.15) is 43.1 Å². The molecule has 1 aromatic carbocycles. The zero-order chi connectivity index (χ0) is 15.3. The first-order valence-corrected chi connectivity index (χ1v) is 6.58. The lowest BCUT2D eigenvalue weighted by atomic mass is 9.86. The third-order valence-electron chi connectivity index (χ3n) is 3.18. The normalized spacial score (nSPS) is 12.3. The highest BCUT2D eigenvalue weighted by Crippen LogP contribution is 2.22. The smallest absolute Gasteiger partial charge is 0.253 e. The van der Waals surface area contributed by atoms with Crippen LogP contribution in [0.15, 0.2) is 29.4 Å². The van der Waals surface area contributed by atoms with E-state index in [9.17, 15) is 4.79 Å². The molecule has 0 fully saturated rings. The molecule has 0 atom stereocenters. The molecule has 1 aromatic rings. The molecule has 3 N–H and O–H groups in total. The number of rotatable bonds is 4. The number of carbonyl (C=O) groups is 1. The Morgan fingerprint density at radius 2 is 1.85 bits per heavy atom. The predicted octanol–water partition coefficient (Wildman–Crippen LogP) is 2.19. The van der Waals surface area contributed by atoms with Gasteiger partial charge in [-0.1, -0.05) is 38.1 Å². The lowest BCUT2D eigenvalue weighted by molar-refractivity contribution is 0.0798. The van der Waals surface area contributed by atoms with Crippen molar-refractivity contribution in [1.29, 1.82) is 0 Å². The summed E-state index contributed by atoms with van der Waals surface area (Å²) in [5, 5.41) is 11.4. The second kappa shape index (κ2) is 6.41. The van der Waals surface area contributed by atoms with Crippen molar-refractivity contribution in [3.8, 4) is 0 Å². The second-order valence-electron chi connectivity index (χ2n) is 5.90. The molecule has 1 amide bonds. The molecule has 0 unspecified atom stereocenters. The maximum atomic E-state index is 12.2. The molecule has 1 rings (SSSR count). The third kappa shape index (κ3) is 4.26. The average molecular weight is 277 g/mol. The topological polar surface area (TPSA) is 78.9 Å². The number of amides is 1. The van der Waals surface area contributed by atoms with Crippen LogP contribution < -0.4 is 5.73 Å². The highest BCUT2D eigenvalue weighted by atomic mass is 16.4. The number of amidine groups is 1. The Morgan fingerprint density at radius 3 is 2.30 bits per heavy atom. The van der Waals surface area contributed by atoms with Crippen molar-refractivity contribution in [2.24, 2.45) is 10.9 Å². The Labute approximate surface area is 120 Å². The van der Waals surface area contributed by atoms with Gasteiger partial charge in [0.25, 0.3) is 5.91 Å². The molecule has 5 heteroatoms. The van der Waals surface area contributed by atoms with E-state index in [0.29, 0.717) is 18.5 Å². The van der Waals surface area contributed by atoms with Gasteiger partial charge >= 0.3 is 0 Å². The number of hydrogen-bond acceptors (Lipinski definition) is 3. The summed E-state index contributed by atoms with van der Waals surface area (Å²) in [6.07, 6.45) is 0.346. The summed E-state index contributed by atoms with van der Waals surface area (Å²) in [5.74, 6) is 0.0453. The van der Waals surface area contributed by atoms with E-state index in [1.165, 1.54) is 5.56 Å². The van der Waals surface area contributed by atoms with Crippen LogP contribution in [-0.4, -0.2) is 35.4 Å². The van der Waals surface area contributed by atoms with E-state index in [1.54, 1.807) is 11.9 Å². The molecular weight excluding hydrogens is 254 g/mol.